The Kier molecular flexibility index (Phi) is 18.6. The van der Waals surface area contributed by atoms with Crippen LogP contribution >= 0.6 is 8.60 Å². The van der Waals surface area contributed by atoms with Gasteiger partial charge in [-0.05, 0) is 18.9 Å². The number of carbonyl (C=O) groups excluding carboxylic acids is 1. The van der Waals surface area contributed by atoms with Crippen molar-refractivity contribution in [2.24, 2.45) is 0 Å². The number of methoxy groups -OCH3 is 1. The normalized spacial score (nSPS) is 13.4. The molecule has 0 aromatic heterocycles. The van der Waals surface area contributed by atoms with Crippen molar-refractivity contribution in [2.75, 3.05) is 33.9 Å². The van der Waals surface area contributed by atoms with Crippen LogP contribution in [0.1, 0.15) is 58.3 Å². The first-order valence-corrected chi connectivity index (χ1v) is 11.1. The average molecular weight is 420 g/mol. The lowest BCUT2D eigenvalue weighted by atomic mass is 10.1. The predicted octanol–water partition coefficient (Wildman–Crippen LogP) is 3.56. The monoisotopic (exact) mass is 419 g/mol. The molecular formula is C19H38N3O5P. The minimum Gasteiger partial charge on any atom is -0.380 e. The van der Waals surface area contributed by atoms with Crippen LogP contribution in [0.4, 0.5) is 0 Å². The summed E-state index contributed by atoms with van der Waals surface area (Å²) in [6, 6.07) is 0. The summed E-state index contributed by atoms with van der Waals surface area (Å²) in [5.74, 6) is 0.0255. The number of carbonyl (C=O) groups is 1. The zero-order valence-electron chi connectivity index (χ0n) is 17.6. The predicted molar refractivity (Wildman–Crippen MR) is 113 cm³/mol. The molecule has 0 aromatic carbocycles. The molecule has 0 aliphatic rings. The number of amidine groups is 1. The van der Waals surface area contributed by atoms with E-state index in [0.717, 1.165) is 12.8 Å². The molecule has 0 aromatic rings. The van der Waals surface area contributed by atoms with Crippen LogP contribution in [0.15, 0.2) is 12.3 Å². The van der Waals surface area contributed by atoms with Crippen LogP contribution in [0.2, 0.25) is 0 Å². The summed E-state index contributed by atoms with van der Waals surface area (Å²) in [6.45, 7) is 3.66. The van der Waals surface area contributed by atoms with Crippen molar-refractivity contribution in [1.29, 1.82) is 5.41 Å². The number of unbranched alkanes of at least 4 members (excludes halogenated alkanes) is 6. The van der Waals surface area contributed by atoms with Crippen molar-refractivity contribution in [1.82, 2.24) is 10.2 Å². The van der Waals surface area contributed by atoms with Crippen molar-refractivity contribution in [3.63, 3.8) is 0 Å². The zero-order valence-corrected chi connectivity index (χ0v) is 18.5. The van der Waals surface area contributed by atoms with E-state index >= 15 is 0 Å². The SMILES string of the molecule is CCCCCCCCCOP(O)OCC(CCN(C)/C=C\C(=N)NC=O)OC. The molecule has 0 heterocycles. The maximum Gasteiger partial charge on any atom is 0.329 e. The van der Waals surface area contributed by atoms with Crippen molar-refractivity contribution >= 4 is 20.8 Å². The van der Waals surface area contributed by atoms with E-state index in [-0.39, 0.29) is 18.5 Å². The number of nitrogens with one attached hydrogen (secondary N) is 2. The fourth-order valence-corrected chi connectivity index (χ4v) is 3.04. The summed E-state index contributed by atoms with van der Waals surface area (Å²) in [7, 11) is 1.60. The third-order valence-corrected chi connectivity index (χ3v) is 4.94. The summed E-state index contributed by atoms with van der Waals surface area (Å²) in [6.07, 6.45) is 12.6. The van der Waals surface area contributed by atoms with Crippen molar-refractivity contribution in [3.05, 3.63) is 12.3 Å². The highest BCUT2D eigenvalue weighted by Gasteiger charge is 2.13. The molecular weight excluding hydrogens is 381 g/mol. The molecule has 0 saturated heterocycles. The molecule has 0 radical (unpaired) electrons. The van der Waals surface area contributed by atoms with Crippen LogP contribution in [0.5, 0.6) is 0 Å². The van der Waals surface area contributed by atoms with Crippen LogP contribution in [0.25, 0.3) is 0 Å². The molecule has 0 aliphatic carbocycles. The smallest absolute Gasteiger partial charge is 0.329 e. The van der Waals surface area contributed by atoms with Gasteiger partial charge in [0.25, 0.3) is 0 Å². The van der Waals surface area contributed by atoms with E-state index in [1.807, 2.05) is 11.9 Å². The van der Waals surface area contributed by atoms with E-state index in [1.54, 1.807) is 13.3 Å². The summed E-state index contributed by atoms with van der Waals surface area (Å²) in [4.78, 5) is 21.9. The molecule has 0 saturated carbocycles. The highest BCUT2D eigenvalue weighted by Crippen LogP contribution is 2.33. The third-order valence-electron chi connectivity index (χ3n) is 4.17. The number of rotatable bonds is 19. The number of ether oxygens (including phenoxy) is 1. The van der Waals surface area contributed by atoms with Gasteiger partial charge in [0.1, 0.15) is 5.84 Å². The first kappa shape index (κ1) is 27.0. The van der Waals surface area contributed by atoms with Crippen LogP contribution < -0.4 is 5.32 Å². The minimum absolute atomic E-state index is 0.0255. The molecule has 2 atom stereocenters. The van der Waals surface area contributed by atoms with Gasteiger partial charge in [0.15, 0.2) is 0 Å². The highest BCUT2D eigenvalue weighted by atomic mass is 31.2. The third kappa shape index (κ3) is 17.1. The number of nitrogens with zero attached hydrogens (tertiary/aromatic N) is 1. The quantitative estimate of drug-likeness (QED) is 0.0972. The van der Waals surface area contributed by atoms with E-state index in [9.17, 15) is 9.69 Å². The Bertz CT molecular complexity index is 426. The summed E-state index contributed by atoms with van der Waals surface area (Å²) in [5.41, 5.74) is 0. The molecule has 1 amide bonds. The minimum atomic E-state index is -1.87. The molecule has 0 rings (SSSR count). The molecule has 0 spiro atoms. The second kappa shape index (κ2) is 19.3. The Morgan fingerprint density at radius 3 is 2.54 bits per heavy atom. The molecule has 0 bridgehead atoms. The Hall–Kier alpha value is -1.05. The molecule has 3 N–H and O–H groups in total. The molecule has 28 heavy (non-hydrogen) atoms. The Morgan fingerprint density at radius 2 is 1.89 bits per heavy atom. The Labute approximate surface area is 171 Å². The number of hydrogen-bond acceptors (Lipinski definition) is 7. The highest BCUT2D eigenvalue weighted by molar-refractivity contribution is 7.40. The van der Waals surface area contributed by atoms with Gasteiger partial charge in [0.05, 0.1) is 19.3 Å². The van der Waals surface area contributed by atoms with Gasteiger partial charge < -0.3 is 28.9 Å². The fraction of sp³-hybridized carbons (Fsp3) is 0.789. The standard InChI is InChI=1S/C19H38N3O5P/c1-4-5-6-7-8-9-10-15-26-28(24)27-16-18(25-3)11-13-22(2)14-12-19(20)21-17-23/h12,14,17-18,24H,4-11,13,15-16H2,1-3H3,(H2,20,21,23)/b14-12-. The van der Waals surface area contributed by atoms with Gasteiger partial charge in [-0.2, -0.15) is 0 Å². The van der Waals surface area contributed by atoms with Gasteiger partial charge in [-0.15, -0.1) is 0 Å². The average Bonchev–Trinajstić information content (AvgIpc) is 2.68. The van der Waals surface area contributed by atoms with E-state index in [2.05, 4.69) is 12.2 Å². The molecule has 0 fully saturated rings. The van der Waals surface area contributed by atoms with Crippen LogP contribution in [-0.2, 0) is 18.6 Å². The molecule has 2 unspecified atom stereocenters. The topological polar surface area (TPSA) is 104 Å². The lowest BCUT2D eigenvalue weighted by molar-refractivity contribution is -0.108. The van der Waals surface area contributed by atoms with Gasteiger partial charge in [0, 0.05) is 26.9 Å². The largest absolute Gasteiger partial charge is 0.380 e. The summed E-state index contributed by atoms with van der Waals surface area (Å²) >= 11 is 0. The van der Waals surface area contributed by atoms with E-state index in [4.69, 9.17) is 19.2 Å². The maximum absolute atomic E-state index is 10.2. The van der Waals surface area contributed by atoms with Crippen molar-refractivity contribution < 1.29 is 23.5 Å². The molecule has 0 aliphatic heterocycles. The number of amides is 1. The van der Waals surface area contributed by atoms with Crippen molar-refractivity contribution in [3.8, 4) is 0 Å². The molecule has 9 heteroatoms. The second-order valence-corrected chi connectivity index (χ2v) is 7.60. The zero-order chi connectivity index (χ0) is 21.0. The van der Waals surface area contributed by atoms with Gasteiger partial charge in [-0.3, -0.25) is 10.2 Å². The van der Waals surface area contributed by atoms with E-state index < -0.39 is 8.60 Å². The van der Waals surface area contributed by atoms with Crippen LogP contribution in [0, 0.1) is 5.41 Å². The number of hydrogen-bond donors (Lipinski definition) is 3. The summed E-state index contributed by atoms with van der Waals surface area (Å²) in [5, 5.41) is 9.68. The van der Waals surface area contributed by atoms with E-state index in [0.29, 0.717) is 26.0 Å². The van der Waals surface area contributed by atoms with Gasteiger partial charge in [0.2, 0.25) is 6.41 Å². The fourth-order valence-electron chi connectivity index (χ4n) is 2.39. The van der Waals surface area contributed by atoms with Gasteiger partial charge >= 0.3 is 8.60 Å². The van der Waals surface area contributed by atoms with Crippen LogP contribution in [-0.4, -0.2) is 62.1 Å². The summed E-state index contributed by atoms with van der Waals surface area (Å²) < 4.78 is 16.1. The first-order chi connectivity index (χ1) is 13.5. The van der Waals surface area contributed by atoms with E-state index in [1.165, 1.54) is 38.2 Å². The first-order valence-electron chi connectivity index (χ1n) is 9.98. The second-order valence-electron chi connectivity index (χ2n) is 6.61. The van der Waals surface area contributed by atoms with Crippen molar-refractivity contribution in [2.45, 2.75) is 64.4 Å². The lowest BCUT2D eigenvalue weighted by Gasteiger charge is -2.20. The Morgan fingerprint density at radius 1 is 1.21 bits per heavy atom. The van der Waals surface area contributed by atoms with Gasteiger partial charge in [-0.25, -0.2) is 0 Å². The van der Waals surface area contributed by atoms with Gasteiger partial charge in [-0.1, -0.05) is 45.4 Å². The lowest BCUT2D eigenvalue weighted by Crippen LogP contribution is -2.24. The van der Waals surface area contributed by atoms with Crippen LogP contribution in [0.3, 0.4) is 0 Å². The Balaban J connectivity index is 3.79. The maximum atomic E-state index is 10.2. The molecule has 8 nitrogen and oxygen atoms in total. The molecule has 164 valence electrons.